The van der Waals surface area contributed by atoms with Crippen molar-refractivity contribution in [2.75, 3.05) is 6.61 Å². The van der Waals surface area contributed by atoms with Gasteiger partial charge in [-0.05, 0) is 30.0 Å². The molecule has 0 aliphatic carbocycles. The number of sulfonamides is 1. The van der Waals surface area contributed by atoms with Crippen LogP contribution in [0, 0.1) is 11.7 Å². The summed E-state index contributed by atoms with van der Waals surface area (Å²) >= 11 is 0. The molecule has 0 saturated heterocycles. The maximum absolute atomic E-state index is 13.0. The molecule has 4 nitrogen and oxygen atoms in total. The Morgan fingerprint density at radius 3 is 2.58 bits per heavy atom. The first kappa shape index (κ1) is 16.1. The summed E-state index contributed by atoms with van der Waals surface area (Å²) in [5, 5.41) is 9.16. The van der Waals surface area contributed by atoms with Crippen LogP contribution in [0.25, 0.3) is 0 Å². The van der Waals surface area contributed by atoms with Crippen molar-refractivity contribution in [1.82, 2.24) is 4.72 Å². The highest BCUT2D eigenvalue weighted by Crippen LogP contribution is 2.10. The summed E-state index contributed by atoms with van der Waals surface area (Å²) in [7, 11) is -3.58. The molecule has 0 radical (unpaired) electrons. The topological polar surface area (TPSA) is 66.4 Å². The third-order valence-electron chi connectivity index (χ3n) is 2.57. The molecule has 0 bridgehead atoms. The Labute approximate surface area is 113 Å². The lowest BCUT2D eigenvalue weighted by atomic mass is 10.1. The van der Waals surface area contributed by atoms with Gasteiger partial charge in [0, 0.05) is 6.04 Å². The second-order valence-corrected chi connectivity index (χ2v) is 6.77. The van der Waals surface area contributed by atoms with Gasteiger partial charge >= 0.3 is 0 Å². The summed E-state index contributed by atoms with van der Waals surface area (Å²) in [5.74, 6) is -0.484. The van der Waals surface area contributed by atoms with Crippen LogP contribution in [0.15, 0.2) is 24.3 Å². The van der Waals surface area contributed by atoms with E-state index in [2.05, 4.69) is 4.72 Å². The lowest BCUT2D eigenvalue weighted by Crippen LogP contribution is -2.39. The summed E-state index contributed by atoms with van der Waals surface area (Å²) < 4.78 is 39.3. The maximum Gasteiger partial charge on any atom is 0.216 e. The number of hydrogen-bond donors (Lipinski definition) is 2. The van der Waals surface area contributed by atoms with E-state index >= 15 is 0 Å². The van der Waals surface area contributed by atoms with Gasteiger partial charge in [0.05, 0.1) is 12.4 Å². The molecular weight excluding hydrogens is 269 g/mol. The molecule has 2 N–H and O–H groups in total. The number of benzene rings is 1. The molecule has 108 valence electrons. The molecule has 1 aromatic carbocycles. The molecule has 1 rings (SSSR count). The number of aliphatic hydroxyl groups is 1. The highest BCUT2D eigenvalue weighted by Gasteiger charge is 2.19. The number of hydrogen-bond acceptors (Lipinski definition) is 3. The highest BCUT2D eigenvalue weighted by molar-refractivity contribution is 7.88. The number of halogens is 1. The largest absolute Gasteiger partial charge is 0.395 e. The van der Waals surface area contributed by atoms with Gasteiger partial charge in [0.25, 0.3) is 0 Å². The smallest absolute Gasteiger partial charge is 0.216 e. The molecule has 0 aromatic heterocycles. The zero-order valence-electron chi connectivity index (χ0n) is 11.1. The maximum atomic E-state index is 13.0. The molecular formula is C13H20FNO3S. The van der Waals surface area contributed by atoms with Gasteiger partial charge in [-0.1, -0.05) is 26.0 Å². The van der Waals surface area contributed by atoms with Crippen LogP contribution >= 0.6 is 0 Å². The normalized spacial score (nSPS) is 13.7. The monoisotopic (exact) mass is 289 g/mol. The molecule has 0 heterocycles. The lowest BCUT2D eigenvalue weighted by molar-refractivity contribution is 0.240. The average Bonchev–Trinajstić information content (AvgIpc) is 2.26. The molecule has 19 heavy (non-hydrogen) atoms. The van der Waals surface area contributed by atoms with E-state index in [9.17, 15) is 12.8 Å². The summed E-state index contributed by atoms with van der Waals surface area (Å²) in [4.78, 5) is 0. The Balaban J connectivity index is 2.70. The quantitative estimate of drug-likeness (QED) is 0.802. The molecule has 0 spiro atoms. The standard InChI is InChI=1S/C13H20FNO3S/c1-10(2)6-13(8-16)15-19(17,18)9-11-4-3-5-12(14)7-11/h3-5,7,10,13,15-16H,6,8-9H2,1-2H3/t13-/m0/s1. The predicted molar refractivity (Wildman–Crippen MR) is 72.5 cm³/mol. The van der Waals surface area contributed by atoms with E-state index < -0.39 is 21.9 Å². The molecule has 6 heteroatoms. The summed E-state index contributed by atoms with van der Waals surface area (Å²) in [5.41, 5.74) is 0.383. The van der Waals surface area contributed by atoms with Crippen molar-refractivity contribution < 1.29 is 17.9 Å². The van der Waals surface area contributed by atoms with Crippen LogP contribution in [0.1, 0.15) is 25.8 Å². The summed E-state index contributed by atoms with van der Waals surface area (Å²) in [6, 6.07) is 4.98. The average molecular weight is 289 g/mol. The lowest BCUT2D eigenvalue weighted by Gasteiger charge is -2.18. The Morgan fingerprint density at radius 2 is 2.05 bits per heavy atom. The van der Waals surface area contributed by atoms with Crippen molar-refractivity contribution >= 4 is 10.0 Å². The van der Waals surface area contributed by atoms with Crippen LogP contribution in [0.2, 0.25) is 0 Å². The predicted octanol–water partition coefficient (Wildman–Crippen LogP) is 1.65. The second kappa shape index (κ2) is 6.98. The zero-order chi connectivity index (χ0) is 14.5. The van der Waals surface area contributed by atoms with E-state index in [1.807, 2.05) is 13.8 Å². The minimum absolute atomic E-state index is 0.249. The molecule has 0 aliphatic rings. The fourth-order valence-corrected chi connectivity index (χ4v) is 3.25. The van der Waals surface area contributed by atoms with E-state index in [0.717, 1.165) is 0 Å². The van der Waals surface area contributed by atoms with Gasteiger partial charge in [-0.3, -0.25) is 0 Å². The van der Waals surface area contributed by atoms with Crippen LogP contribution < -0.4 is 4.72 Å². The molecule has 1 atom stereocenters. The first-order chi connectivity index (χ1) is 8.82. The van der Waals surface area contributed by atoms with Crippen molar-refractivity contribution in [1.29, 1.82) is 0 Å². The first-order valence-corrected chi connectivity index (χ1v) is 7.83. The van der Waals surface area contributed by atoms with E-state index in [0.29, 0.717) is 12.0 Å². The second-order valence-electron chi connectivity index (χ2n) is 5.02. The molecule has 0 unspecified atom stereocenters. The van der Waals surface area contributed by atoms with Crippen LogP contribution in [-0.2, 0) is 15.8 Å². The van der Waals surface area contributed by atoms with Crippen molar-refractivity contribution in [2.24, 2.45) is 5.92 Å². The fourth-order valence-electron chi connectivity index (χ4n) is 1.87. The van der Waals surface area contributed by atoms with Gasteiger partial charge in [0.15, 0.2) is 0 Å². The Morgan fingerprint density at radius 1 is 1.37 bits per heavy atom. The Kier molecular flexibility index (Phi) is 5.90. The van der Waals surface area contributed by atoms with Gasteiger partial charge in [0.1, 0.15) is 5.82 Å². The number of rotatable bonds is 7. The molecule has 0 amide bonds. The third kappa shape index (κ3) is 6.13. The van der Waals surface area contributed by atoms with Crippen molar-refractivity contribution in [3.8, 4) is 0 Å². The molecule has 1 aromatic rings. The third-order valence-corrected chi connectivity index (χ3v) is 3.97. The van der Waals surface area contributed by atoms with E-state index in [-0.39, 0.29) is 18.3 Å². The van der Waals surface area contributed by atoms with Gasteiger partial charge < -0.3 is 5.11 Å². The number of nitrogens with one attached hydrogen (secondary N) is 1. The van der Waals surface area contributed by atoms with E-state index in [4.69, 9.17) is 5.11 Å². The zero-order valence-corrected chi connectivity index (χ0v) is 12.0. The van der Waals surface area contributed by atoms with Gasteiger partial charge in [-0.25, -0.2) is 17.5 Å². The van der Waals surface area contributed by atoms with E-state index in [1.165, 1.54) is 18.2 Å². The Bertz CT molecular complexity index is 502. The first-order valence-electron chi connectivity index (χ1n) is 6.17. The van der Waals surface area contributed by atoms with Gasteiger partial charge in [0.2, 0.25) is 10.0 Å². The van der Waals surface area contributed by atoms with Crippen molar-refractivity contribution in [3.05, 3.63) is 35.6 Å². The van der Waals surface area contributed by atoms with Crippen molar-refractivity contribution in [3.63, 3.8) is 0 Å². The minimum atomic E-state index is -3.58. The number of aliphatic hydroxyl groups excluding tert-OH is 1. The van der Waals surface area contributed by atoms with Gasteiger partial charge in [-0.2, -0.15) is 0 Å². The SMILES string of the molecule is CC(C)C[C@@H](CO)NS(=O)(=O)Cc1cccc(F)c1. The Hall–Kier alpha value is -0.980. The minimum Gasteiger partial charge on any atom is -0.395 e. The van der Waals surface area contributed by atoms with E-state index in [1.54, 1.807) is 6.07 Å². The molecule has 0 fully saturated rings. The van der Waals surface area contributed by atoms with Crippen LogP contribution in [-0.4, -0.2) is 26.2 Å². The summed E-state index contributed by atoms with van der Waals surface area (Å²) in [6.45, 7) is 3.65. The highest BCUT2D eigenvalue weighted by atomic mass is 32.2. The molecule has 0 saturated carbocycles. The fraction of sp³-hybridized carbons (Fsp3) is 0.538. The van der Waals surface area contributed by atoms with Crippen LogP contribution in [0.5, 0.6) is 0 Å². The molecule has 0 aliphatic heterocycles. The summed E-state index contributed by atoms with van der Waals surface area (Å²) in [6.07, 6.45) is 0.554. The van der Waals surface area contributed by atoms with Gasteiger partial charge in [-0.15, -0.1) is 0 Å². The van der Waals surface area contributed by atoms with Crippen LogP contribution in [0.3, 0.4) is 0 Å². The van der Waals surface area contributed by atoms with Crippen LogP contribution in [0.4, 0.5) is 4.39 Å². The van der Waals surface area contributed by atoms with Crippen molar-refractivity contribution in [2.45, 2.75) is 32.1 Å².